The fraction of sp³-hybridized carbons (Fsp3) is 0.256. The summed E-state index contributed by atoms with van der Waals surface area (Å²) < 4.78 is 0.145. The fourth-order valence-corrected chi connectivity index (χ4v) is 41.2. The van der Waals surface area contributed by atoms with Crippen LogP contribution >= 0.6 is 17.0 Å². The Morgan fingerprint density at radius 2 is 1.30 bits per heavy atom. The minimum atomic E-state index is -4.87. The molecule has 7 rings (SSSR count). The van der Waals surface area contributed by atoms with Gasteiger partial charge in [0.05, 0.1) is 0 Å². The SMILES string of the molecule is CC1=Cc2c(-c3cccc4ccccc34)ccc(C)c2[CH]1[Zr]([Cl])([Cl])([CH]1C(C(C)C)=Cc2c(-c3ccc(C)cc3C)cccc21)[SiH](C)C. The van der Waals surface area contributed by atoms with Crippen LogP contribution in [0.1, 0.15) is 67.0 Å². The summed E-state index contributed by atoms with van der Waals surface area (Å²) in [4.78, 5) is 0. The molecule has 2 atom stereocenters. The van der Waals surface area contributed by atoms with E-state index >= 15 is 0 Å². The third-order valence-corrected chi connectivity index (χ3v) is 63.3. The number of aryl methyl sites for hydroxylation is 3. The van der Waals surface area contributed by atoms with Gasteiger partial charge in [0.15, 0.2) is 0 Å². The van der Waals surface area contributed by atoms with Gasteiger partial charge in [0.2, 0.25) is 0 Å². The van der Waals surface area contributed by atoms with E-state index in [1.807, 2.05) is 0 Å². The van der Waals surface area contributed by atoms with Crippen molar-refractivity contribution in [2.24, 2.45) is 5.92 Å². The van der Waals surface area contributed by atoms with Crippen molar-refractivity contribution in [1.82, 2.24) is 0 Å². The Hall–Kier alpha value is -2.48. The molecule has 0 radical (unpaired) electrons. The first kappa shape index (κ1) is 33.0. The van der Waals surface area contributed by atoms with E-state index in [0.29, 0.717) is 5.92 Å². The van der Waals surface area contributed by atoms with Gasteiger partial charge in [-0.2, -0.15) is 0 Å². The van der Waals surface area contributed by atoms with E-state index in [2.05, 4.69) is 158 Å². The molecular weight excluding hydrogens is 707 g/mol. The molecule has 0 amide bonds. The van der Waals surface area contributed by atoms with Gasteiger partial charge in [0.1, 0.15) is 0 Å². The zero-order valence-corrected chi connectivity index (χ0v) is 34.0. The summed E-state index contributed by atoms with van der Waals surface area (Å²) >= 11 is -4.87. The van der Waals surface area contributed by atoms with Crippen LogP contribution in [0.15, 0.2) is 102 Å². The maximum atomic E-state index is 8.70. The average Bonchev–Trinajstić information content (AvgIpc) is 3.62. The minimum absolute atomic E-state index is 0.0687. The Bertz CT molecular complexity index is 2150. The van der Waals surface area contributed by atoms with Crippen molar-refractivity contribution < 1.29 is 15.6 Å². The van der Waals surface area contributed by atoms with E-state index in [1.54, 1.807) is 0 Å². The number of hydrogen-bond donors (Lipinski definition) is 0. The molecule has 239 valence electrons. The summed E-state index contributed by atoms with van der Waals surface area (Å²) in [6.07, 6.45) is 4.93. The third kappa shape index (κ3) is 5.00. The summed E-state index contributed by atoms with van der Waals surface area (Å²) in [6.45, 7) is 18.6. The number of halogens is 2. The van der Waals surface area contributed by atoms with Crippen LogP contribution in [-0.2, 0) is 15.6 Å². The topological polar surface area (TPSA) is 0 Å². The molecule has 2 unspecified atom stereocenters. The first-order chi connectivity index (χ1) is 22.3. The average molecular weight is 752 g/mol. The summed E-state index contributed by atoms with van der Waals surface area (Å²) in [5.41, 5.74) is 17.2. The zero-order valence-electron chi connectivity index (χ0n) is 28.9. The number of rotatable bonds is 6. The summed E-state index contributed by atoms with van der Waals surface area (Å²) in [6, 6.07) is 33.7. The van der Waals surface area contributed by atoms with Crippen LogP contribution in [0.5, 0.6) is 0 Å². The van der Waals surface area contributed by atoms with Crippen LogP contribution in [0.25, 0.3) is 45.2 Å². The van der Waals surface area contributed by atoms with E-state index in [-0.39, 0.29) is 7.25 Å². The van der Waals surface area contributed by atoms with Crippen LogP contribution < -0.4 is 0 Å². The molecule has 0 saturated carbocycles. The molecule has 0 heterocycles. The Morgan fingerprint density at radius 3 is 2.02 bits per heavy atom. The van der Waals surface area contributed by atoms with E-state index in [4.69, 9.17) is 17.0 Å². The second-order valence-electron chi connectivity index (χ2n) is 14.8. The molecule has 5 aromatic rings. The van der Waals surface area contributed by atoms with E-state index < -0.39 is 21.5 Å². The summed E-state index contributed by atoms with van der Waals surface area (Å²) in [5.74, 6) is -1.32. The van der Waals surface area contributed by atoms with Gasteiger partial charge in [-0.25, -0.2) is 0 Å². The van der Waals surface area contributed by atoms with Crippen molar-refractivity contribution >= 4 is 45.9 Å². The first-order valence-corrected chi connectivity index (χ1v) is 33.4. The normalized spacial score (nSPS) is 18.3. The molecule has 0 saturated heterocycles. The van der Waals surface area contributed by atoms with Crippen molar-refractivity contribution in [3.05, 3.63) is 141 Å². The van der Waals surface area contributed by atoms with Gasteiger partial charge in [-0.3, -0.25) is 0 Å². The standard InChI is InChI=1S/C21H17.C20H21.C2H7Si.2ClH.Zr/c1-14-12-20-15(2)10-11-19(21(20)13-14)18-9-5-7-16-6-3-4-8-17(16)18;1-13(2)17-11-16-6-5-7-19(20(16)12-17)18-9-8-14(3)10-15(18)4;1-3-2;;;/h3-13H,1-2H3;5-13H,1-4H3;3H,1-2H3;2*1H;/q;;;;;+2/p-2. The first-order valence-electron chi connectivity index (χ1n) is 17.1. The number of fused-ring (bicyclic) bond motifs is 3. The third-order valence-electron chi connectivity index (χ3n) is 11.3. The van der Waals surface area contributed by atoms with Crippen LogP contribution in [0, 0.1) is 26.7 Å². The number of hydrogen-bond acceptors (Lipinski definition) is 0. The predicted molar refractivity (Wildman–Crippen MR) is 208 cm³/mol. The van der Waals surface area contributed by atoms with Crippen molar-refractivity contribution in [2.45, 2.75) is 61.9 Å². The van der Waals surface area contributed by atoms with Crippen molar-refractivity contribution in [1.29, 1.82) is 0 Å². The van der Waals surface area contributed by atoms with Gasteiger partial charge in [-0.15, -0.1) is 0 Å². The van der Waals surface area contributed by atoms with E-state index in [1.165, 1.54) is 83.1 Å². The van der Waals surface area contributed by atoms with Crippen molar-refractivity contribution in [2.75, 3.05) is 0 Å². The van der Waals surface area contributed by atoms with Gasteiger partial charge in [0, 0.05) is 0 Å². The predicted octanol–water partition coefficient (Wildman–Crippen LogP) is 13.3. The fourth-order valence-electron chi connectivity index (χ4n) is 8.95. The molecule has 0 N–H and O–H groups in total. The molecule has 2 aliphatic carbocycles. The Balaban J connectivity index is 1.48. The van der Waals surface area contributed by atoms with Crippen molar-refractivity contribution in [3.8, 4) is 22.3 Å². The van der Waals surface area contributed by atoms with Gasteiger partial charge in [-0.1, -0.05) is 0 Å². The maximum absolute atomic E-state index is 8.70. The Morgan fingerprint density at radius 1 is 0.638 bits per heavy atom. The molecule has 0 bridgehead atoms. The molecule has 4 heteroatoms. The molecule has 0 spiro atoms. The number of benzene rings is 5. The van der Waals surface area contributed by atoms with Crippen LogP contribution in [-0.4, -0.2) is 5.92 Å². The van der Waals surface area contributed by atoms with Crippen molar-refractivity contribution in [3.63, 3.8) is 0 Å². The quantitative estimate of drug-likeness (QED) is 0.152. The molecule has 0 aromatic heterocycles. The van der Waals surface area contributed by atoms with Gasteiger partial charge in [-0.05, 0) is 0 Å². The van der Waals surface area contributed by atoms with Crippen LogP contribution in [0.4, 0.5) is 0 Å². The second-order valence-corrected chi connectivity index (χ2v) is 57.4. The second kappa shape index (κ2) is 11.8. The molecule has 0 nitrogen and oxygen atoms in total. The monoisotopic (exact) mass is 749 g/mol. The van der Waals surface area contributed by atoms with Gasteiger partial charge < -0.3 is 0 Å². The van der Waals surface area contributed by atoms with Gasteiger partial charge in [0.25, 0.3) is 0 Å². The molecule has 2 aliphatic rings. The summed E-state index contributed by atoms with van der Waals surface area (Å²) in [7, 11) is 17.4. The van der Waals surface area contributed by atoms with E-state index in [0.717, 1.165) is 0 Å². The van der Waals surface area contributed by atoms with Crippen LogP contribution in [0.2, 0.25) is 13.1 Å². The molecule has 0 fully saturated rings. The Labute approximate surface area is 290 Å². The molecular formula is C43H45Cl2SiZr. The van der Waals surface area contributed by atoms with Crippen LogP contribution in [0.3, 0.4) is 0 Å². The Kier molecular flexibility index (Phi) is 8.32. The van der Waals surface area contributed by atoms with Gasteiger partial charge >= 0.3 is 293 Å². The molecule has 47 heavy (non-hydrogen) atoms. The molecule has 5 aromatic carbocycles. The van der Waals surface area contributed by atoms with E-state index in [9.17, 15) is 0 Å². The number of allylic oxidation sites excluding steroid dienone is 2. The zero-order chi connectivity index (χ0) is 33.4. The summed E-state index contributed by atoms with van der Waals surface area (Å²) in [5, 5.41) is 2.54. The molecule has 0 aliphatic heterocycles.